The second-order valence-electron chi connectivity index (χ2n) is 12.0. The molecule has 2 saturated heterocycles. The summed E-state index contributed by atoms with van der Waals surface area (Å²) in [6.45, 7) is 1.18. The van der Waals surface area contributed by atoms with E-state index in [0.717, 1.165) is 40.5 Å². The van der Waals surface area contributed by atoms with Crippen molar-refractivity contribution in [2.75, 3.05) is 105 Å². The summed E-state index contributed by atoms with van der Waals surface area (Å²) < 4.78 is 0. The average Bonchev–Trinajstić information content (AvgIpc) is 3.03. The van der Waals surface area contributed by atoms with E-state index in [1.165, 1.54) is 0 Å². The van der Waals surface area contributed by atoms with Gasteiger partial charge in [-0.05, 0) is 11.1 Å². The highest BCUT2D eigenvalue weighted by Gasteiger charge is 2.24. The molecule has 0 aromatic heterocycles. The molecule has 2 fully saturated rings. The molecule has 1 aromatic rings. The van der Waals surface area contributed by atoms with Gasteiger partial charge in [0.25, 0.3) is 0 Å². The van der Waals surface area contributed by atoms with Crippen LogP contribution in [0.1, 0.15) is 11.1 Å². The maximum absolute atomic E-state index is 11.9. The Morgan fingerprint density at radius 2 is 0.580 bits per heavy atom. The molecule has 6 N–H and O–H groups in total. The van der Waals surface area contributed by atoms with Crippen LogP contribution in [0, 0.1) is 0 Å². The van der Waals surface area contributed by atoms with Crippen LogP contribution < -0.4 is 0 Å². The number of carbonyl (C=O) groups is 6. The zero-order valence-corrected chi connectivity index (χ0v) is 27.7. The van der Waals surface area contributed by atoms with Crippen LogP contribution in [-0.2, 0) is 13.1 Å². The first kappa shape index (κ1) is 39.2. The van der Waals surface area contributed by atoms with Gasteiger partial charge in [-0.25, -0.2) is 28.8 Å². The van der Waals surface area contributed by atoms with Gasteiger partial charge in [0.2, 0.25) is 0 Å². The summed E-state index contributed by atoms with van der Waals surface area (Å²) in [7, 11) is 0. The van der Waals surface area contributed by atoms with E-state index in [9.17, 15) is 59.4 Å². The molecule has 6 amide bonds. The van der Waals surface area contributed by atoms with E-state index < -0.39 is 36.6 Å². The predicted molar refractivity (Wildman–Crippen MR) is 175 cm³/mol. The first-order valence-corrected chi connectivity index (χ1v) is 16.1. The van der Waals surface area contributed by atoms with Crippen molar-refractivity contribution in [3.05, 3.63) is 35.4 Å². The largest absolute Gasteiger partial charge is 0.465 e. The van der Waals surface area contributed by atoms with Crippen LogP contribution in [-0.4, -0.2) is 211 Å². The Kier molecular flexibility index (Phi) is 15.0. The smallest absolute Gasteiger partial charge is 0.407 e. The zero-order valence-electron chi connectivity index (χ0n) is 27.7. The van der Waals surface area contributed by atoms with E-state index in [-0.39, 0.29) is 105 Å². The number of amides is 6. The van der Waals surface area contributed by atoms with E-state index in [1.807, 2.05) is 34.1 Å². The molecule has 0 spiro atoms. The molecular formula is C30H46N8O12. The fourth-order valence-corrected chi connectivity index (χ4v) is 5.72. The van der Waals surface area contributed by atoms with Gasteiger partial charge in [0.1, 0.15) is 0 Å². The molecule has 0 aliphatic carbocycles. The van der Waals surface area contributed by atoms with Gasteiger partial charge in [0.05, 0.1) is 0 Å². The molecule has 278 valence electrons. The van der Waals surface area contributed by atoms with Crippen LogP contribution in [0.25, 0.3) is 0 Å². The van der Waals surface area contributed by atoms with Crippen molar-refractivity contribution < 1.29 is 59.4 Å². The van der Waals surface area contributed by atoms with Crippen molar-refractivity contribution in [2.45, 2.75) is 13.1 Å². The predicted octanol–water partition coefficient (Wildman–Crippen LogP) is 1.20. The number of nitrogens with zero attached hydrogens (tertiary/aromatic N) is 8. The van der Waals surface area contributed by atoms with Gasteiger partial charge < -0.3 is 60.0 Å². The van der Waals surface area contributed by atoms with Gasteiger partial charge in [-0.3, -0.25) is 9.80 Å². The molecule has 0 unspecified atom stereocenters. The number of hydrogen-bond donors (Lipinski definition) is 6. The fourth-order valence-electron chi connectivity index (χ4n) is 5.72. The maximum atomic E-state index is 11.9. The highest BCUT2D eigenvalue weighted by Crippen LogP contribution is 2.13. The normalized spacial score (nSPS) is 18.6. The first-order chi connectivity index (χ1) is 23.7. The standard InChI is InChI=1S/C30H46N8O12/c39-25(40)33-8-4-31(5-9-34(26(41)42)13-17-37(16-12-33)29(47)48)21-23-2-1-3-24(20-23)22-32-6-10-35(27(43)44)14-18-38(30(49)50)19-15-36(11-7-32)28(45)46/h1-3,20H,4-19,21-22H2,(H,39,40)(H,41,42)(H,43,44)(H,45,46)(H,47,48)(H,49,50). The van der Waals surface area contributed by atoms with Gasteiger partial charge in [0.15, 0.2) is 0 Å². The van der Waals surface area contributed by atoms with Gasteiger partial charge >= 0.3 is 36.6 Å². The van der Waals surface area contributed by atoms with Crippen LogP contribution >= 0.6 is 0 Å². The van der Waals surface area contributed by atoms with Crippen molar-refractivity contribution in [1.82, 2.24) is 39.2 Å². The Hall–Kier alpha value is -5.24. The average molecular weight is 711 g/mol. The van der Waals surface area contributed by atoms with Crippen molar-refractivity contribution in [3.63, 3.8) is 0 Å². The Bertz CT molecular complexity index is 1200. The molecule has 20 heteroatoms. The minimum atomic E-state index is -1.27. The minimum absolute atomic E-state index is 0.0632. The van der Waals surface area contributed by atoms with Crippen molar-refractivity contribution >= 4 is 36.6 Å². The SMILES string of the molecule is O=C(O)N1CCN(Cc2cccc(CN3CCN(C(=O)O)CCN(C(=O)O)CCN(C(=O)O)CC3)c2)CCN(C(=O)O)CCN(C(=O)O)CC1. The lowest BCUT2D eigenvalue weighted by molar-refractivity contribution is 0.0975. The molecule has 2 heterocycles. The van der Waals surface area contributed by atoms with E-state index in [0.29, 0.717) is 13.1 Å². The highest BCUT2D eigenvalue weighted by atomic mass is 16.4. The Morgan fingerprint density at radius 3 is 0.780 bits per heavy atom. The van der Waals surface area contributed by atoms with Gasteiger partial charge in [-0.15, -0.1) is 0 Å². The summed E-state index contributed by atoms with van der Waals surface area (Å²) in [5.41, 5.74) is 1.69. The molecule has 0 bridgehead atoms. The lowest BCUT2D eigenvalue weighted by Gasteiger charge is -2.32. The van der Waals surface area contributed by atoms with Gasteiger partial charge in [-0.2, -0.15) is 0 Å². The van der Waals surface area contributed by atoms with Crippen molar-refractivity contribution in [1.29, 1.82) is 0 Å². The van der Waals surface area contributed by atoms with E-state index in [2.05, 4.69) is 0 Å². The monoisotopic (exact) mass is 710 g/mol. The van der Waals surface area contributed by atoms with Crippen molar-refractivity contribution in [2.24, 2.45) is 0 Å². The summed E-state index contributed by atoms with van der Waals surface area (Å²) in [4.78, 5) is 81.4. The quantitative estimate of drug-likeness (QED) is 0.257. The topological polar surface area (TPSA) is 250 Å². The molecule has 1 aromatic carbocycles. The lowest BCUT2D eigenvalue weighted by Crippen LogP contribution is -2.49. The number of hydrogen-bond acceptors (Lipinski definition) is 8. The summed E-state index contributed by atoms with van der Waals surface area (Å²) in [6, 6.07) is 7.50. The molecule has 0 atom stereocenters. The number of rotatable bonds is 4. The summed E-state index contributed by atoms with van der Waals surface area (Å²) in [5.74, 6) is 0. The van der Waals surface area contributed by atoms with Crippen LogP contribution in [0.4, 0.5) is 28.8 Å². The lowest BCUT2D eigenvalue weighted by atomic mass is 10.1. The van der Waals surface area contributed by atoms with Gasteiger partial charge in [0, 0.05) is 118 Å². The number of carboxylic acid groups (broad SMARTS) is 6. The molecule has 0 radical (unpaired) electrons. The van der Waals surface area contributed by atoms with Crippen LogP contribution in [0.3, 0.4) is 0 Å². The highest BCUT2D eigenvalue weighted by molar-refractivity contribution is 5.68. The Balaban J connectivity index is 1.77. The van der Waals surface area contributed by atoms with Gasteiger partial charge in [-0.1, -0.05) is 24.3 Å². The molecule has 50 heavy (non-hydrogen) atoms. The fraction of sp³-hybridized carbons (Fsp3) is 0.600. The Labute approximate surface area is 288 Å². The molecule has 2 aliphatic rings. The maximum Gasteiger partial charge on any atom is 0.407 e. The molecule has 2 aliphatic heterocycles. The van der Waals surface area contributed by atoms with Crippen LogP contribution in [0.15, 0.2) is 24.3 Å². The molecule has 3 rings (SSSR count). The second kappa shape index (κ2) is 19.1. The summed E-state index contributed by atoms with van der Waals surface area (Å²) in [5, 5.41) is 57.9. The molecule has 20 nitrogen and oxygen atoms in total. The van der Waals surface area contributed by atoms with E-state index in [4.69, 9.17) is 0 Å². The number of benzene rings is 1. The zero-order chi connectivity index (χ0) is 36.8. The second-order valence-corrected chi connectivity index (χ2v) is 12.0. The van der Waals surface area contributed by atoms with E-state index in [1.54, 1.807) is 0 Å². The first-order valence-electron chi connectivity index (χ1n) is 16.1. The van der Waals surface area contributed by atoms with Crippen LogP contribution in [0.2, 0.25) is 0 Å². The van der Waals surface area contributed by atoms with Crippen molar-refractivity contribution in [3.8, 4) is 0 Å². The third-order valence-electron chi connectivity index (χ3n) is 8.73. The third-order valence-corrected chi connectivity index (χ3v) is 8.73. The minimum Gasteiger partial charge on any atom is -0.465 e. The summed E-state index contributed by atoms with van der Waals surface area (Å²) >= 11 is 0. The third kappa shape index (κ3) is 12.7. The van der Waals surface area contributed by atoms with E-state index >= 15 is 0 Å². The van der Waals surface area contributed by atoms with Crippen LogP contribution in [0.5, 0.6) is 0 Å². The summed E-state index contributed by atoms with van der Waals surface area (Å²) in [6.07, 6.45) is -7.33. The Morgan fingerprint density at radius 1 is 0.380 bits per heavy atom. The molecular weight excluding hydrogens is 664 g/mol. The molecule has 0 saturated carbocycles.